The Morgan fingerprint density at radius 1 is 0.929 bits per heavy atom. The average molecular weight is 372 g/mol. The predicted octanol–water partition coefficient (Wildman–Crippen LogP) is 4.89. The first-order valence-corrected chi connectivity index (χ1v) is 9.69. The van der Waals surface area contributed by atoms with Crippen LogP contribution in [-0.4, -0.2) is 24.0 Å². The Morgan fingerprint density at radius 3 is 2.39 bits per heavy atom. The quantitative estimate of drug-likeness (QED) is 0.669. The molecule has 142 valence electrons. The van der Waals surface area contributed by atoms with Crippen LogP contribution in [-0.2, 0) is 6.42 Å². The maximum Gasteiger partial charge on any atom is 0.257 e. The van der Waals surface area contributed by atoms with Gasteiger partial charge in [-0.05, 0) is 48.7 Å². The second-order valence-corrected chi connectivity index (χ2v) is 6.83. The highest BCUT2D eigenvalue weighted by atomic mass is 16.5. The van der Waals surface area contributed by atoms with Crippen LogP contribution < -0.4 is 10.1 Å². The summed E-state index contributed by atoms with van der Waals surface area (Å²) < 4.78 is 5.56. The smallest absolute Gasteiger partial charge is 0.257 e. The van der Waals surface area contributed by atoms with Gasteiger partial charge in [-0.15, -0.1) is 0 Å². The summed E-state index contributed by atoms with van der Waals surface area (Å²) in [7, 11) is 0. The first kappa shape index (κ1) is 18.1. The number of fused-ring (bicyclic) bond motifs is 1. The number of carbonyl (C=O) groups excluding carboxylic acids is 1. The number of nitrogens with zero attached hydrogens (tertiary/aromatic N) is 1. The molecule has 28 heavy (non-hydrogen) atoms. The molecule has 4 heteroatoms. The zero-order chi connectivity index (χ0) is 19.3. The lowest BCUT2D eigenvalue weighted by Gasteiger charge is -2.38. The molecule has 0 bridgehead atoms. The summed E-state index contributed by atoms with van der Waals surface area (Å²) >= 11 is 0. The van der Waals surface area contributed by atoms with Crippen LogP contribution in [0.2, 0.25) is 0 Å². The van der Waals surface area contributed by atoms with Crippen LogP contribution in [0, 0.1) is 0 Å². The molecule has 1 atom stereocenters. The Hall–Kier alpha value is -3.27. The van der Waals surface area contributed by atoms with Crippen molar-refractivity contribution in [1.29, 1.82) is 0 Å². The molecular formula is C24H24N2O2. The minimum Gasteiger partial charge on any atom is -0.494 e. The van der Waals surface area contributed by atoms with Gasteiger partial charge in [-0.3, -0.25) is 4.79 Å². The third-order valence-electron chi connectivity index (χ3n) is 5.01. The van der Waals surface area contributed by atoms with E-state index in [2.05, 4.69) is 17.4 Å². The highest BCUT2D eigenvalue weighted by molar-refractivity contribution is 6.01. The van der Waals surface area contributed by atoms with Gasteiger partial charge < -0.3 is 15.0 Å². The topological polar surface area (TPSA) is 41.6 Å². The van der Waals surface area contributed by atoms with Crippen molar-refractivity contribution < 1.29 is 9.53 Å². The number of para-hydroxylation sites is 1. The summed E-state index contributed by atoms with van der Waals surface area (Å²) in [4.78, 5) is 15.2. The molecule has 1 aliphatic rings. The maximum absolute atomic E-state index is 13.3. The Kier molecular flexibility index (Phi) is 5.29. The minimum atomic E-state index is -0.207. The fourth-order valence-electron chi connectivity index (χ4n) is 3.59. The maximum atomic E-state index is 13.3. The van der Waals surface area contributed by atoms with Crippen molar-refractivity contribution in [3.8, 4) is 5.75 Å². The Labute approximate surface area is 165 Å². The van der Waals surface area contributed by atoms with E-state index in [0.29, 0.717) is 13.2 Å². The molecule has 0 aromatic heterocycles. The number of carbonyl (C=O) groups is 1. The van der Waals surface area contributed by atoms with Crippen molar-refractivity contribution in [2.24, 2.45) is 0 Å². The van der Waals surface area contributed by atoms with Crippen LogP contribution in [0.5, 0.6) is 5.75 Å². The van der Waals surface area contributed by atoms with E-state index < -0.39 is 0 Å². The number of rotatable bonds is 6. The van der Waals surface area contributed by atoms with Crippen molar-refractivity contribution in [2.75, 3.05) is 18.5 Å². The number of amides is 1. The van der Waals surface area contributed by atoms with Gasteiger partial charge in [-0.2, -0.15) is 0 Å². The number of hydrogen-bond acceptors (Lipinski definition) is 3. The monoisotopic (exact) mass is 372 g/mol. The molecule has 1 unspecified atom stereocenters. The Morgan fingerprint density at radius 2 is 1.64 bits per heavy atom. The number of ether oxygens (including phenoxy) is 1. The normalized spacial score (nSPS) is 15.7. The summed E-state index contributed by atoms with van der Waals surface area (Å²) in [5.74, 6) is 0.897. The van der Waals surface area contributed by atoms with Gasteiger partial charge in [-0.1, -0.05) is 54.6 Å². The van der Waals surface area contributed by atoms with Gasteiger partial charge in [-0.25, -0.2) is 0 Å². The number of benzene rings is 3. The molecule has 0 aliphatic carbocycles. The number of anilines is 1. The van der Waals surface area contributed by atoms with Gasteiger partial charge in [0.05, 0.1) is 12.2 Å². The first-order chi connectivity index (χ1) is 13.8. The van der Waals surface area contributed by atoms with Crippen molar-refractivity contribution in [2.45, 2.75) is 19.5 Å². The van der Waals surface area contributed by atoms with Crippen molar-refractivity contribution in [3.63, 3.8) is 0 Å². The predicted molar refractivity (Wildman–Crippen MR) is 112 cm³/mol. The lowest BCUT2D eigenvalue weighted by atomic mass is 10.0. The second kappa shape index (κ2) is 8.17. The number of hydrogen-bond donors (Lipinski definition) is 1. The summed E-state index contributed by atoms with van der Waals surface area (Å²) in [6, 6.07) is 26.0. The van der Waals surface area contributed by atoms with E-state index >= 15 is 0 Å². The summed E-state index contributed by atoms with van der Waals surface area (Å²) in [6.45, 7) is 3.25. The highest BCUT2D eigenvalue weighted by Gasteiger charge is 2.32. The molecule has 1 heterocycles. The molecule has 3 aromatic rings. The van der Waals surface area contributed by atoms with Crippen molar-refractivity contribution in [1.82, 2.24) is 4.90 Å². The SMILES string of the molecule is CCOc1ccc(C2Nc3ccccc3C(=O)N2CCc2ccccc2)cc1. The molecule has 0 spiro atoms. The van der Waals surface area contributed by atoms with Gasteiger partial charge in [0.15, 0.2) is 0 Å². The van der Waals surface area contributed by atoms with Crippen molar-refractivity contribution in [3.05, 3.63) is 95.6 Å². The zero-order valence-corrected chi connectivity index (χ0v) is 16.0. The molecule has 4 rings (SSSR count). The summed E-state index contributed by atoms with van der Waals surface area (Å²) in [5, 5.41) is 3.55. The second-order valence-electron chi connectivity index (χ2n) is 6.83. The summed E-state index contributed by atoms with van der Waals surface area (Å²) in [6.07, 6.45) is 0.603. The van der Waals surface area contributed by atoms with Crippen LogP contribution in [0.15, 0.2) is 78.9 Å². The lowest BCUT2D eigenvalue weighted by molar-refractivity contribution is 0.0685. The minimum absolute atomic E-state index is 0.0594. The van der Waals surface area contributed by atoms with Crippen LogP contribution >= 0.6 is 0 Å². The molecule has 0 saturated carbocycles. The Bertz CT molecular complexity index is 938. The molecule has 1 N–H and O–H groups in total. The van der Waals surface area contributed by atoms with Crippen LogP contribution in [0.1, 0.15) is 34.6 Å². The third-order valence-corrected chi connectivity index (χ3v) is 5.01. The lowest BCUT2D eigenvalue weighted by Crippen LogP contribution is -2.43. The number of nitrogens with one attached hydrogen (secondary N) is 1. The van der Waals surface area contributed by atoms with E-state index in [1.165, 1.54) is 5.56 Å². The van der Waals surface area contributed by atoms with E-state index in [-0.39, 0.29) is 12.1 Å². The van der Waals surface area contributed by atoms with Crippen LogP contribution in [0.25, 0.3) is 0 Å². The molecule has 4 nitrogen and oxygen atoms in total. The molecule has 1 aliphatic heterocycles. The van der Waals surface area contributed by atoms with Gasteiger partial charge in [0, 0.05) is 12.2 Å². The average Bonchev–Trinajstić information content (AvgIpc) is 2.74. The zero-order valence-electron chi connectivity index (χ0n) is 16.0. The molecule has 0 saturated heterocycles. The molecule has 0 radical (unpaired) electrons. The van der Waals surface area contributed by atoms with E-state index in [1.807, 2.05) is 78.6 Å². The van der Waals surface area contributed by atoms with Crippen molar-refractivity contribution >= 4 is 11.6 Å². The highest BCUT2D eigenvalue weighted by Crippen LogP contribution is 2.33. The fraction of sp³-hybridized carbons (Fsp3) is 0.208. The standard InChI is InChI=1S/C24H24N2O2/c1-2-28-20-14-12-19(13-15-20)23-25-22-11-7-6-10-21(22)24(27)26(23)17-16-18-8-4-3-5-9-18/h3-15,23,25H,2,16-17H2,1H3. The van der Waals surface area contributed by atoms with E-state index in [9.17, 15) is 4.79 Å². The first-order valence-electron chi connectivity index (χ1n) is 9.69. The van der Waals surface area contributed by atoms with Gasteiger partial charge >= 0.3 is 0 Å². The van der Waals surface area contributed by atoms with E-state index in [1.54, 1.807) is 0 Å². The van der Waals surface area contributed by atoms with Crippen LogP contribution in [0.3, 0.4) is 0 Å². The molecule has 1 amide bonds. The van der Waals surface area contributed by atoms with E-state index in [0.717, 1.165) is 29.0 Å². The van der Waals surface area contributed by atoms with Gasteiger partial charge in [0.2, 0.25) is 0 Å². The largest absolute Gasteiger partial charge is 0.494 e. The van der Waals surface area contributed by atoms with Gasteiger partial charge in [0.25, 0.3) is 5.91 Å². The van der Waals surface area contributed by atoms with Gasteiger partial charge in [0.1, 0.15) is 11.9 Å². The molecular weight excluding hydrogens is 348 g/mol. The molecule has 3 aromatic carbocycles. The summed E-state index contributed by atoms with van der Waals surface area (Å²) in [5.41, 5.74) is 3.86. The fourth-order valence-corrected chi connectivity index (χ4v) is 3.59. The van der Waals surface area contributed by atoms with E-state index in [4.69, 9.17) is 4.74 Å². The Balaban J connectivity index is 1.63. The molecule has 0 fully saturated rings. The third kappa shape index (κ3) is 3.72. The van der Waals surface area contributed by atoms with Crippen LogP contribution in [0.4, 0.5) is 5.69 Å².